The van der Waals surface area contributed by atoms with Gasteiger partial charge in [-0.25, -0.2) is 4.39 Å². The van der Waals surface area contributed by atoms with Crippen LogP contribution in [-0.2, 0) is 11.3 Å². The lowest BCUT2D eigenvalue weighted by atomic mass is 10.1. The topological polar surface area (TPSA) is 50.4 Å². The van der Waals surface area contributed by atoms with Gasteiger partial charge in [-0.1, -0.05) is 13.0 Å². The average molecular weight is 310 g/mol. The molecule has 0 radical (unpaired) electrons. The van der Waals surface area contributed by atoms with Crippen molar-refractivity contribution in [2.75, 3.05) is 26.7 Å². The number of hydrogen-bond acceptors (Lipinski definition) is 4. The van der Waals surface area contributed by atoms with E-state index >= 15 is 0 Å². The Hall–Kier alpha value is -1.50. The number of benzene rings is 1. The van der Waals surface area contributed by atoms with E-state index in [4.69, 9.17) is 4.74 Å². The van der Waals surface area contributed by atoms with Gasteiger partial charge < -0.3 is 15.4 Å². The summed E-state index contributed by atoms with van der Waals surface area (Å²) < 4.78 is 19.9. The highest BCUT2D eigenvalue weighted by Gasteiger charge is 2.20. The number of carbonyl (C=O) groups excluding carboxylic acids is 1. The SMILES string of the molecule is CCNCCNC(=O)c1sc2cccc(F)c2c1COC. The van der Waals surface area contributed by atoms with Gasteiger partial charge in [-0.05, 0) is 18.7 Å². The van der Waals surface area contributed by atoms with Crippen LogP contribution in [0.2, 0.25) is 0 Å². The molecule has 2 N–H and O–H groups in total. The fourth-order valence-corrected chi connectivity index (χ4v) is 3.29. The highest BCUT2D eigenvalue weighted by atomic mass is 32.1. The summed E-state index contributed by atoms with van der Waals surface area (Å²) in [4.78, 5) is 12.8. The van der Waals surface area contributed by atoms with Crippen molar-refractivity contribution in [1.29, 1.82) is 0 Å². The van der Waals surface area contributed by atoms with E-state index in [9.17, 15) is 9.18 Å². The number of amides is 1. The van der Waals surface area contributed by atoms with Gasteiger partial charge in [-0.15, -0.1) is 11.3 Å². The second kappa shape index (κ2) is 7.49. The second-order valence-electron chi connectivity index (χ2n) is 4.57. The number of ether oxygens (including phenoxy) is 1. The highest BCUT2D eigenvalue weighted by molar-refractivity contribution is 7.21. The Balaban J connectivity index is 2.27. The van der Waals surface area contributed by atoms with Crippen molar-refractivity contribution in [3.05, 3.63) is 34.5 Å². The maximum absolute atomic E-state index is 14.0. The Kier molecular flexibility index (Phi) is 5.67. The summed E-state index contributed by atoms with van der Waals surface area (Å²) >= 11 is 1.30. The summed E-state index contributed by atoms with van der Waals surface area (Å²) in [5.74, 6) is -0.497. The van der Waals surface area contributed by atoms with Gasteiger partial charge in [0.2, 0.25) is 0 Å². The average Bonchev–Trinajstić information content (AvgIpc) is 2.84. The van der Waals surface area contributed by atoms with E-state index in [-0.39, 0.29) is 18.3 Å². The van der Waals surface area contributed by atoms with Crippen molar-refractivity contribution in [3.63, 3.8) is 0 Å². The molecule has 0 saturated heterocycles. The Labute approximate surface area is 127 Å². The molecule has 114 valence electrons. The zero-order valence-corrected chi connectivity index (χ0v) is 13.0. The van der Waals surface area contributed by atoms with Gasteiger partial charge >= 0.3 is 0 Å². The van der Waals surface area contributed by atoms with Gasteiger partial charge in [0, 0.05) is 35.8 Å². The number of methoxy groups -OCH3 is 1. The molecule has 0 unspecified atom stereocenters. The fourth-order valence-electron chi connectivity index (χ4n) is 2.15. The molecule has 1 amide bonds. The number of fused-ring (bicyclic) bond motifs is 1. The Morgan fingerprint density at radius 3 is 2.90 bits per heavy atom. The number of likely N-dealkylation sites (N-methyl/N-ethyl adjacent to an activating group) is 1. The maximum atomic E-state index is 14.0. The Morgan fingerprint density at radius 1 is 1.38 bits per heavy atom. The van der Waals surface area contributed by atoms with E-state index in [0.29, 0.717) is 28.9 Å². The molecule has 0 saturated carbocycles. The normalized spacial score (nSPS) is 11.0. The summed E-state index contributed by atoms with van der Waals surface area (Å²) in [6.45, 7) is 4.33. The van der Waals surface area contributed by atoms with Gasteiger partial charge in [0.25, 0.3) is 5.91 Å². The third kappa shape index (κ3) is 3.58. The van der Waals surface area contributed by atoms with Crippen molar-refractivity contribution in [1.82, 2.24) is 10.6 Å². The van der Waals surface area contributed by atoms with E-state index in [1.165, 1.54) is 24.5 Å². The maximum Gasteiger partial charge on any atom is 0.261 e. The van der Waals surface area contributed by atoms with Crippen LogP contribution in [0.5, 0.6) is 0 Å². The zero-order chi connectivity index (χ0) is 15.2. The first-order valence-corrected chi connectivity index (χ1v) is 7.68. The van der Waals surface area contributed by atoms with Crippen molar-refractivity contribution in [2.24, 2.45) is 0 Å². The Bertz CT molecular complexity index is 627. The number of carbonyl (C=O) groups is 1. The molecule has 1 aromatic heterocycles. The molecule has 0 aliphatic carbocycles. The molecule has 0 aliphatic heterocycles. The smallest absolute Gasteiger partial charge is 0.261 e. The summed E-state index contributed by atoms with van der Waals surface area (Å²) in [6, 6.07) is 4.87. The van der Waals surface area contributed by atoms with E-state index in [1.807, 2.05) is 13.0 Å². The molecular weight excluding hydrogens is 291 g/mol. The van der Waals surface area contributed by atoms with Crippen molar-refractivity contribution in [2.45, 2.75) is 13.5 Å². The molecule has 2 aromatic rings. The third-order valence-electron chi connectivity index (χ3n) is 3.10. The summed E-state index contributed by atoms with van der Waals surface area (Å²) in [7, 11) is 1.54. The van der Waals surface area contributed by atoms with E-state index in [2.05, 4.69) is 10.6 Å². The van der Waals surface area contributed by atoms with Crippen LogP contribution in [0, 0.1) is 5.82 Å². The van der Waals surface area contributed by atoms with E-state index < -0.39 is 0 Å². The minimum absolute atomic E-state index is 0.180. The van der Waals surface area contributed by atoms with E-state index in [1.54, 1.807) is 6.07 Å². The van der Waals surface area contributed by atoms with Crippen LogP contribution in [0.15, 0.2) is 18.2 Å². The van der Waals surface area contributed by atoms with Gasteiger partial charge in [-0.3, -0.25) is 4.79 Å². The molecule has 0 atom stereocenters. The number of hydrogen-bond donors (Lipinski definition) is 2. The first-order chi connectivity index (χ1) is 10.2. The lowest BCUT2D eigenvalue weighted by Crippen LogP contribution is -2.31. The third-order valence-corrected chi connectivity index (χ3v) is 4.29. The van der Waals surface area contributed by atoms with Crippen molar-refractivity contribution < 1.29 is 13.9 Å². The Morgan fingerprint density at radius 2 is 2.19 bits per heavy atom. The van der Waals surface area contributed by atoms with E-state index in [0.717, 1.165) is 11.2 Å². The highest BCUT2D eigenvalue weighted by Crippen LogP contribution is 2.33. The summed E-state index contributed by atoms with van der Waals surface area (Å²) in [6.07, 6.45) is 0. The monoisotopic (exact) mass is 310 g/mol. The van der Waals surface area contributed by atoms with Crippen molar-refractivity contribution >= 4 is 27.3 Å². The molecule has 1 heterocycles. The van der Waals surface area contributed by atoms with Crippen LogP contribution in [0.3, 0.4) is 0 Å². The number of nitrogens with one attached hydrogen (secondary N) is 2. The predicted molar refractivity (Wildman–Crippen MR) is 83.4 cm³/mol. The molecule has 21 heavy (non-hydrogen) atoms. The van der Waals surface area contributed by atoms with Crippen molar-refractivity contribution in [3.8, 4) is 0 Å². The number of halogens is 1. The largest absolute Gasteiger partial charge is 0.380 e. The van der Waals surface area contributed by atoms with Gasteiger partial charge in [-0.2, -0.15) is 0 Å². The summed E-state index contributed by atoms with van der Waals surface area (Å²) in [5, 5.41) is 6.47. The summed E-state index contributed by atoms with van der Waals surface area (Å²) in [5.41, 5.74) is 0.622. The molecule has 0 spiro atoms. The standard InChI is InChI=1S/C15H19FN2O2S/c1-3-17-7-8-18-15(19)14-10(9-20-2)13-11(16)5-4-6-12(13)21-14/h4-6,17H,3,7-9H2,1-2H3,(H,18,19). The van der Waals surface area contributed by atoms with Crippen LogP contribution in [0.25, 0.3) is 10.1 Å². The molecular formula is C15H19FN2O2S. The zero-order valence-electron chi connectivity index (χ0n) is 12.2. The fraction of sp³-hybridized carbons (Fsp3) is 0.400. The molecule has 4 nitrogen and oxygen atoms in total. The first kappa shape index (κ1) is 15.9. The van der Waals surface area contributed by atoms with Crippen LogP contribution >= 0.6 is 11.3 Å². The predicted octanol–water partition coefficient (Wildman–Crippen LogP) is 2.53. The minimum atomic E-state index is -0.317. The molecule has 1 aromatic carbocycles. The second-order valence-corrected chi connectivity index (χ2v) is 5.62. The van der Waals surface area contributed by atoms with Crippen LogP contribution in [0.1, 0.15) is 22.2 Å². The lowest BCUT2D eigenvalue weighted by Gasteiger charge is -2.06. The van der Waals surface area contributed by atoms with Crippen LogP contribution < -0.4 is 10.6 Å². The van der Waals surface area contributed by atoms with Gasteiger partial charge in [0.1, 0.15) is 5.82 Å². The number of thiophene rings is 1. The lowest BCUT2D eigenvalue weighted by molar-refractivity contribution is 0.0954. The molecule has 0 fully saturated rings. The molecule has 2 rings (SSSR count). The van der Waals surface area contributed by atoms with Crippen LogP contribution in [0.4, 0.5) is 4.39 Å². The minimum Gasteiger partial charge on any atom is -0.380 e. The molecule has 0 aliphatic rings. The van der Waals surface area contributed by atoms with Gasteiger partial charge in [0.05, 0.1) is 11.5 Å². The number of rotatable bonds is 7. The quantitative estimate of drug-likeness (QED) is 0.773. The van der Waals surface area contributed by atoms with Crippen LogP contribution in [-0.4, -0.2) is 32.7 Å². The molecule has 0 bridgehead atoms. The molecule has 6 heteroatoms. The first-order valence-electron chi connectivity index (χ1n) is 6.86. The van der Waals surface area contributed by atoms with Gasteiger partial charge in [0.15, 0.2) is 0 Å².